The van der Waals surface area contributed by atoms with Gasteiger partial charge in [-0.2, -0.15) is 0 Å². The lowest BCUT2D eigenvalue weighted by atomic mass is 10.0. The lowest BCUT2D eigenvalue weighted by molar-refractivity contribution is 0.0996. The van der Waals surface area contributed by atoms with Gasteiger partial charge in [-0.3, -0.25) is 18.7 Å². The van der Waals surface area contributed by atoms with E-state index in [-0.39, 0.29) is 23.7 Å². The molecule has 3 rings (SSSR count). The van der Waals surface area contributed by atoms with Crippen molar-refractivity contribution >= 4 is 17.3 Å². The zero-order chi connectivity index (χ0) is 18.8. The number of anilines is 2. The van der Waals surface area contributed by atoms with Gasteiger partial charge in [-0.25, -0.2) is 4.79 Å². The van der Waals surface area contributed by atoms with E-state index in [1.54, 1.807) is 0 Å². The minimum Gasteiger partial charge on any atom is -0.384 e. The van der Waals surface area contributed by atoms with E-state index >= 15 is 0 Å². The zero-order valence-corrected chi connectivity index (χ0v) is 15.2. The first kappa shape index (κ1) is 18.0. The van der Waals surface area contributed by atoms with Crippen molar-refractivity contribution in [3.8, 4) is 0 Å². The maximum absolute atomic E-state index is 12.9. The van der Waals surface area contributed by atoms with Gasteiger partial charge < -0.3 is 10.6 Å². The summed E-state index contributed by atoms with van der Waals surface area (Å²) in [4.78, 5) is 39.7. The minimum atomic E-state index is -0.629. The van der Waals surface area contributed by atoms with Crippen molar-refractivity contribution < 1.29 is 4.79 Å². The van der Waals surface area contributed by atoms with Crippen LogP contribution in [0.5, 0.6) is 0 Å². The SMILES string of the molecule is CCCn1c(N)c(C(=O)CN2CCCc3ccccc32)c(=O)n(C)c1=O. The summed E-state index contributed by atoms with van der Waals surface area (Å²) in [5.74, 6) is -0.389. The topological polar surface area (TPSA) is 90.3 Å². The number of aryl methyl sites for hydroxylation is 1. The molecular formula is C19H24N4O3. The molecule has 0 saturated heterocycles. The number of ketones is 1. The summed E-state index contributed by atoms with van der Waals surface area (Å²) in [6.45, 7) is 3.09. The molecule has 2 aromatic rings. The largest absolute Gasteiger partial charge is 0.384 e. The lowest BCUT2D eigenvalue weighted by Crippen LogP contribution is -2.44. The van der Waals surface area contributed by atoms with E-state index in [2.05, 4.69) is 6.07 Å². The van der Waals surface area contributed by atoms with Crippen LogP contribution in [0.2, 0.25) is 0 Å². The molecule has 1 aromatic carbocycles. The highest BCUT2D eigenvalue weighted by Gasteiger charge is 2.25. The number of carbonyl (C=O) groups is 1. The highest BCUT2D eigenvalue weighted by molar-refractivity contribution is 6.02. The third-order valence-electron chi connectivity index (χ3n) is 4.85. The summed E-state index contributed by atoms with van der Waals surface area (Å²) >= 11 is 0. The maximum atomic E-state index is 12.9. The first-order chi connectivity index (χ1) is 12.5. The second kappa shape index (κ2) is 7.19. The molecule has 0 fully saturated rings. The normalized spacial score (nSPS) is 13.5. The molecule has 0 amide bonds. The predicted molar refractivity (Wildman–Crippen MR) is 102 cm³/mol. The second-order valence-corrected chi connectivity index (χ2v) is 6.64. The first-order valence-electron chi connectivity index (χ1n) is 8.91. The average molecular weight is 356 g/mol. The van der Waals surface area contributed by atoms with Crippen molar-refractivity contribution in [2.75, 3.05) is 23.7 Å². The van der Waals surface area contributed by atoms with E-state index in [9.17, 15) is 14.4 Å². The van der Waals surface area contributed by atoms with Gasteiger partial charge in [0.2, 0.25) is 0 Å². The van der Waals surface area contributed by atoms with Crippen LogP contribution in [0.3, 0.4) is 0 Å². The van der Waals surface area contributed by atoms with Gasteiger partial charge in [-0.15, -0.1) is 0 Å². The number of nitrogen functional groups attached to an aromatic ring is 1. The zero-order valence-electron chi connectivity index (χ0n) is 15.2. The van der Waals surface area contributed by atoms with E-state index in [1.165, 1.54) is 17.2 Å². The van der Waals surface area contributed by atoms with E-state index < -0.39 is 11.2 Å². The molecule has 7 heteroatoms. The summed E-state index contributed by atoms with van der Waals surface area (Å²) in [5, 5.41) is 0. The molecule has 0 atom stereocenters. The number of fused-ring (bicyclic) bond motifs is 1. The third-order valence-corrected chi connectivity index (χ3v) is 4.85. The van der Waals surface area contributed by atoms with Gasteiger partial charge in [0.1, 0.15) is 11.4 Å². The van der Waals surface area contributed by atoms with Crippen LogP contribution in [0.25, 0.3) is 0 Å². The van der Waals surface area contributed by atoms with Crippen molar-refractivity contribution in [1.29, 1.82) is 0 Å². The van der Waals surface area contributed by atoms with Crippen LogP contribution < -0.4 is 21.9 Å². The molecule has 26 heavy (non-hydrogen) atoms. The summed E-state index contributed by atoms with van der Waals surface area (Å²) in [7, 11) is 1.38. The molecule has 0 bridgehead atoms. The molecule has 0 unspecified atom stereocenters. The van der Waals surface area contributed by atoms with Gasteiger partial charge in [-0.05, 0) is 30.9 Å². The van der Waals surface area contributed by atoms with Gasteiger partial charge >= 0.3 is 5.69 Å². The van der Waals surface area contributed by atoms with Crippen molar-refractivity contribution in [2.45, 2.75) is 32.7 Å². The Kier molecular flexibility index (Phi) is 4.97. The predicted octanol–water partition coefficient (Wildman–Crippen LogP) is 1.17. The fourth-order valence-electron chi connectivity index (χ4n) is 3.51. The Balaban J connectivity index is 1.99. The van der Waals surface area contributed by atoms with Gasteiger partial charge in [0.25, 0.3) is 5.56 Å². The number of aromatic nitrogens is 2. The molecule has 2 heterocycles. The van der Waals surface area contributed by atoms with E-state index in [0.29, 0.717) is 13.0 Å². The highest BCUT2D eigenvalue weighted by Crippen LogP contribution is 2.26. The molecule has 2 N–H and O–H groups in total. The summed E-state index contributed by atoms with van der Waals surface area (Å²) in [6, 6.07) is 7.97. The quantitative estimate of drug-likeness (QED) is 0.813. The Bertz CT molecular complexity index is 958. The Labute approximate surface area is 151 Å². The number of Topliss-reactive ketones (excluding diaryl/α,β-unsaturated/α-hetero) is 1. The highest BCUT2D eigenvalue weighted by atomic mass is 16.2. The number of nitrogens with zero attached hydrogens (tertiary/aromatic N) is 3. The molecular weight excluding hydrogens is 332 g/mol. The van der Waals surface area contributed by atoms with E-state index in [4.69, 9.17) is 5.73 Å². The minimum absolute atomic E-state index is 0.0322. The third kappa shape index (κ3) is 3.05. The number of rotatable bonds is 5. The van der Waals surface area contributed by atoms with Crippen LogP contribution in [0.1, 0.15) is 35.7 Å². The average Bonchev–Trinajstić information content (AvgIpc) is 2.64. The van der Waals surface area contributed by atoms with Crippen molar-refractivity contribution in [3.05, 3.63) is 56.2 Å². The van der Waals surface area contributed by atoms with Gasteiger partial charge in [0.05, 0.1) is 6.54 Å². The number of hydrogen-bond donors (Lipinski definition) is 1. The monoisotopic (exact) mass is 356 g/mol. The van der Waals surface area contributed by atoms with Gasteiger partial charge in [0.15, 0.2) is 5.78 Å². The molecule has 1 aromatic heterocycles. The Morgan fingerprint density at radius 3 is 2.69 bits per heavy atom. The van der Waals surface area contributed by atoms with Crippen LogP contribution in [0, 0.1) is 0 Å². The number of nitrogens with two attached hydrogens (primary N) is 1. The standard InChI is InChI=1S/C19H24N4O3/c1-3-10-23-17(20)16(18(25)21(2)19(23)26)15(24)12-22-11-6-8-13-7-4-5-9-14(13)22/h4-5,7,9H,3,6,8,10-12,20H2,1-2H3. The maximum Gasteiger partial charge on any atom is 0.332 e. The molecule has 0 aliphatic carbocycles. The lowest BCUT2D eigenvalue weighted by Gasteiger charge is -2.30. The Morgan fingerprint density at radius 1 is 1.23 bits per heavy atom. The Morgan fingerprint density at radius 2 is 1.96 bits per heavy atom. The second-order valence-electron chi connectivity index (χ2n) is 6.64. The first-order valence-corrected chi connectivity index (χ1v) is 8.91. The van der Waals surface area contributed by atoms with Crippen molar-refractivity contribution in [3.63, 3.8) is 0 Å². The van der Waals surface area contributed by atoms with E-state index in [0.717, 1.165) is 29.6 Å². The smallest absolute Gasteiger partial charge is 0.332 e. The molecule has 0 spiro atoms. The van der Waals surface area contributed by atoms with Crippen molar-refractivity contribution in [1.82, 2.24) is 9.13 Å². The molecule has 1 aliphatic rings. The van der Waals surface area contributed by atoms with Crippen LogP contribution in [-0.2, 0) is 20.0 Å². The number of benzene rings is 1. The summed E-state index contributed by atoms with van der Waals surface area (Å²) in [6.07, 6.45) is 2.61. The summed E-state index contributed by atoms with van der Waals surface area (Å²) < 4.78 is 2.27. The fourth-order valence-corrected chi connectivity index (χ4v) is 3.51. The molecule has 138 valence electrons. The molecule has 1 aliphatic heterocycles. The van der Waals surface area contributed by atoms with Crippen LogP contribution >= 0.6 is 0 Å². The van der Waals surface area contributed by atoms with Crippen LogP contribution in [-0.4, -0.2) is 28.0 Å². The van der Waals surface area contributed by atoms with E-state index in [1.807, 2.05) is 30.0 Å². The number of carbonyl (C=O) groups excluding carboxylic acids is 1. The fraction of sp³-hybridized carbons (Fsp3) is 0.421. The van der Waals surface area contributed by atoms with Gasteiger partial charge in [0, 0.05) is 25.8 Å². The molecule has 0 saturated carbocycles. The van der Waals surface area contributed by atoms with Crippen LogP contribution in [0.15, 0.2) is 33.9 Å². The Hall–Kier alpha value is -2.83. The molecule has 7 nitrogen and oxygen atoms in total. The van der Waals surface area contributed by atoms with Crippen molar-refractivity contribution in [2.24, 2.45) is 7.05 Å². The van der Waals surface area contributed by atoms with Gasteiger partial charge in [-0.1, -0.05) is 25.1 Å². The number of para-hydroxylation sites is 1. The molecule has 0 radical (unpaired) electrons. The number of hydrogen-bond acceptors (Lipinski definition) is 5. The van der Waals surface area contributed by atoms with Crippen LogP contribution in [0.4, 0.5) is 11.5 Å². The summed E-state index contributed by atoms with van der Waals surface area (Å²) in [5.41, 5.74) is 7.05.